The van der Waals surface area contributed by atoms with E-state index >= 15 is 0 Å². The van der Waals surface area contributed by atoms with Gasteiger partial charge in [0.1, 0.15) is 5.41 Å². The maximum Gasteiger partial charge on any atom is 0.416 e. The van der Waals surface area contributed by atoms with E-state index in [1.54, 1.807) is 4.90 Å². The summed E-state index contributed by atoms with van der Waals surface area (Å²) >= 11 is 0. The summed E-state index contributed by atoms with van der Waals surface area (Å²) in [5.41, 5.74) is -1.06. The first-order chi connectivity index (χ1) is 11.2. The minimum atomic E-state index is -4.34. The number of carboxylic acids is 1. The molecule has 130 valence electrons. The Kier molecular flexibility index (Phi) is 4.05. The zero-order valence-electron chi connectivity index (χ0n) is 13.0. The molecule has 24 heavy (non-hydrogen) atoms. The number of rotatable bonds is 3. The predicted octanol–water partition coefficient (Wildman–Crippen LogP) is 3.28. The van der Waals surface area contributed by atoms with Crippen LogP contribution >= 0.6 is 0 Å². The number of likely N-dealkylation sites (tertiary alicyclic amines) is 1. The number of carbonyl (C=O) groups excluding carboxylic acids is 1. The Balaban J connectivity index is 1.61. The summed E-state index contributed by atoms with van der Waals surface area (Å²) < 4.78 is 37.8. The molecule has 0 atom stereocenters. The second-order valence-corrected chi connectivity index (χ2v) is 6.57. The predicted molar refractivity (Wildman–Crippen MR) is 79.3 cm³/mol. The van der Waals surface area contributed by atoms with Crippen molar-refractivity contribution >= 4 is 11.9 Å². The van der Waals surface area contributed by atoms with E-state index in [1.165, 1.54) is 12.1 Å². The van der Waals surface area contributed by atoms with E-state index in [0.29, 0.717) is 38.8 Å². The highest BCUT2D eigenvalue weighted by atomic mass is 19.4. The van der Waals surface area contributed by atoms with Crippen LogP contribution in [0.4, 0.5) is 13.2 Å². The third-order valence-corrected chi connectivity index (χ3v) is 5.06. The SMILES string of the molecule is O=C(O)C1(C(=O)N2CCC(c3ccc(C(F)(F)F)cc3)CC2)CC1. The van der Waals surface area contributed by atoms with Gasteiger partial charge in [0, 0.05) is 13.1 Å². The van der Waals surface area contributed by atoms with E-state index in [4.69, 9.17) is 0 Å². The molecule has 4 nitrogen and oxygen atoms in total. The molecule has 0 unspecified atom stereocenters. The number of alkyl halides is 3. The molecule has 1 aromatic carbocycles. The first-order valence-corrected chi connectivity index (χ1v) is 7.94. The van der Waals surface area contributed by atoms with Crippen LogP contribution in [-0.2, 0) is 15.8 Å². The lowest BCUT2D eigenvalue weighted by Crippen LogP contribution is -2.44. The lowest BCUT2D eigenvalue weighted by molar-refractivity contribution is -0.154. The number of halogens is 3. The minimum Gasteiger partial charge on any atom is -0.480 e. The Morgan fingerprint density at radius 1 is 1.08 bits per heavy atom. The lowest BCUT2D eigenvalue weighted by Gasteiger charge is -2.33. The van der Waals surface area contributed by atoms with E-state index in [9.17, 15) is 27.9 Å². The van der Waals surface area contributed by atoms with Crippen molar-refractivity contribution in [3.63, 3.8) is 0 Å². The van der Waals surface area contributed by atoms with Gasteiger partial charge in [-0.2, -0.15) is 13.2 Å². The van der Waals surface area contributed by atoms with Gasteiger partial charge in [0.05, 0.1) is 5.56 Å². The molecule has 1 saturated heterocycles. The van der Waals surface area contributed by atoms with Crippen molar-refractivity contribution in [2.75, 3.05) is 13.1 Å². The Bertz CT molecular complexity index is 642. The van der Waals surface area contributed by atoms with Crippen LogP contribution in [0.15, 0.2) is 24.3 Å². The summed E-state index contributed by atoms with van der Waals surface area (Å²) in [5.74, 6) is -1.28. The van der Waals surface area contributed by atoms with Crippen molar-refractivity contribution in [1.82, 2.24) is 4.90 Å². The molecule has 2 aliphatic rings. The average molecular weight is 341 g/mol. The third kappa shape index (κ3) is 2.99. The maximum atomic E-state index is 12.6. The van der Waals surface area contributed by atoms with Crippen molar-refractivity contribution in [1.29, 1.82) is 0 Å². The molecule has 0 radical (unpaired) electrons. The summed E-state index contributed by atoms with van der Waals surface area (Å²) in [6.07, 6.45) is -2.30. The molecule has 1 N–H and O–H groups in total. The average Bonchev–Trinajstić information content (AvgIpc) is 3.36. The molecule has 3 rings (SSSR count). The molecule has 7 heteroatoms. The number of carboxylic acid groups (broad SMARTS) is 1. The molecule has 1 amide bonds. The first kappa shape index (κ1) is 16.8. The van der Waals surface area contributed by atoms with Crippen molar-refractivity contribution < 1.29 is 27.9 Å². The van der Waals surface area contributed by atoms with Gasteiger partial charge in [-0.1, -0.05) is 12.1 Å². The Morgan fingerprint density at radius 3 is 2.04 bits per heavy atom. The third-order valence-electron chi connectivity index (χ3n) is 5.06. The molecule has 0 aromatic heterocycles. The highest BCUT2D eigenvalue weighted by Crippen LogP contribution is 2.48. The van der Waals surface area contributed by atoms with E-state index in [1.807, 2.05) is 0 Å². The smallest absolute Gasteiger partial charge is 0.416 e. The highest BCUT2D eigenvalue weighted by Gasteiger charge is 2.58. The summed E-state index contributed by atoms with van der Waals surface area (Å²) in [6.45, 7) is 0.888. The van der Waals surface area contributed by atoms with Crippen LogP contribution in [0.1, 0.15) is 42.7 Å². The van der Waals surface area contributed by atoms with Crippen LogP contribution in [-0.4, -0.2) is 35.0 Å². The fourth-order valence-electron chi connectivity index (χ4n) is 3.31. The quantitative estimate of drug-likeness (QED) is 0.859. The number of hydrogen-bond acceptors (Lipinski definition) is 2. The zero-order valence-corrected chi connectivity index (χ0v) is 13.0. The highest BCUT2D eigenvalue weighted by molar-refractivity contribution is 6.04. The monoisotopic (exact) mass is 341 g/mol. The van der Waals surface area contributed by atoms with Crippen molar-refractivity contribution in [2.45, 2.75) is 37.8 Å². The van der Waals surface area contributed by atoms with Crippen molar-refractivity contribution in [3.8, 4) is 0 Å². The van der Waals surface area contributed by atoms with Gasteiger partial charge in [0.25, 0.3) is 0 Å². The van der Waals surface area contributed by atoms with Crippen molar-refractivity contribution in [3.05, 3.63) is 35.4 Å². The second kappa shape index (κ2) is 5.79. The minimum absolute atomic E-state index is 0.0938. The Hall–Kier alpha value is -2.05. The summed E-state index contributed by atoms with van der Waals surface area (Å²) in [4.78, 5) is 25.2. The fraction of sp³-hybridized carbons (Fsp3) is 0.529. The number of amides is 1. The zero-order chi connectivity index (χ0) is 17.5. The second-order valence-electron chi connectivity index (χ2n) is 6.57. The fourth-order valence-corrected chi connectivity index (χ4v) is 3.31. The summed E-state index contributed by atoms with van der Waals surface area (Å²) in [7, 11) is 0. The van der Waals surface area contributed by atoms with Crippen LogP contribution in [0.25, 0.3) is 0 Å². The maximum absolute atomic E-state index is 12.6. The van der Waals surface area contributed by atoms with Gasteiger partial charge >= 0.3 is 12.1 Å². The topological polar surface area (TPSA) is 57.6 Å². The molecule has 1 aliphatic heterocycles. The van der Waals surface area contributed by atoms with Crippen molar-refractivity contribution in [2.24, 2.45) is 5.41 Å². The largest absolute Gasteiger partial charge is 0.480 e. The number of benzene rings is 1. The molecule has 1 saturated carbocycles. The summed E-state index contributed by atoms with van der Waals surface area (Å²) in [5, 5.41) is 9.19. The van der Waals surface area contributed by atoms with Gasteiger partial charge in [-0.25, -0.2) is 0 Å². The molecule has 1 aliphatic carbocycles. The molecule has 1 aromatic rings. The number of hydrogen-bond donors (Lipinski definition) is 1. The molecular formula is C17H18F3NO3. The van der Waals surface area contributed by atoms with E-state index in [0.717, 1.165) is 17.7 Å². The standard InChI is InChI=1S/C17H18F3NO3/c18-17(19,20)13-3-1-11(2-4-13)12-5-9-21(10-6-12)14(22)16(7-8-16)15(23)24/h1-4,12H,5-10H2,(H,23,24). The van der Waals surface area contributed by atoms with E-state index in [-0.39, 0.29) is 11.8 Å². The normalized spacial score (nSPS) is 20.7. The number of piperidine rings is 1. The Labute approximate surface area is 137 Å². The van der Waals surface area contributed by atoms with E-state index < -0.39 is 23.1 Å². The van der Waals surface area contributed by atoms with Gasteiger partial charge in [-0.05, 0) is 49.3 Å². The molecule has 0 spiro atoms. The molecular weight excluding hydrogens is 323 g/mol. The lowest BCUT2D eigenvalue weighted by atomic mass is 9.88. The van der Waals surface area contributed by atoms with Crippen LogP contribution in [0.2, 0.25) is 0 Å². The van der Waals surface area contributed by atoms with Crippen LogP contribution < -0.4 is 0 Å². The van der Waals surface area contributed by atoms with Gasteiger partial charge in [0.2, 0.25) is 5.91 Å². The molecule has 0 bridgehead atoms. The van der Waals surface area contributed by atoms with Gasteiger partial charge < -0.3 is 10.0 Å². The van der Waals surface area contributed by atoms with Crippen LogP contribution in [0.3, 0.4) is 0 Å². The van der Waals surface area contributed by atoms with E-state index in [2.05, 4.69) is 0 Å². The summed E-state index contributed by atoms with van der Waals surface area (Å²) in [6, 6.07) is 5.14. The molecule has 2 fully saturated rings. The van der Waals surface area contributed by atoms with Gasteiger partial charge in [-0.15, -0.1) is 0 Å². The van der Waals surface area contributed by atoms with Crippen LogP contribution in [0, 0.1) is 5.41 Å². The molecule has 1 heterocycles. The number of carbonyl (C=O) groups is 2. The number of aliphatic carboxylic acids is 1. The van der Waals surface area contributed by atoms with Gasteiger partial charge in [0.15, 0.2) is 0 Å². The van der Waals surface area contributed by atoms with Crippen LogP contribution in [0.5, 0.6) is 0 Å². The Morgan fingerprint density at radius 2 is 1.62 bits per heavy atom. The van der Waals surface area contributed by atoms with Gasteiger partial charge in [-0.3, -0.25) is 9.59 Å². The first-order valence-electron chi connectivity index (χ1n) is 7.94. The number of nitrogens with zero attached hydrogens (tertiary/aromatic N) is 1.